The van der Waals surface area contributed by atoms with E-state index in [4.69, 9.17) is 24.9 Å². The minimum Gasteiger partial charge on any atom is -0.550 e. The third kappa shape index (κ3) is 14.8. The average Bonchev–Trinajstić information content (AvgIpc) is 2.14. The molecule has 0 spiro atoms. The maximum absolute atomic E-state index is 10.1. The van der Waals surface area contributed by atoms with Crippen molar-refractivity contribution >= 4 is 29.8 Å². The number of carbonyl (C=O) groups excluding carboxylic acids is 4. The Kier molecular flexibility index (Phi) is 16.3. The van der Waals surface area contributed by atoms with E-state index in [2.05, 4.69) is 0 Å². The zero-order valence-corrected chi connectivity index (χ0v) is 16.3. The summed E-state index contributed by atoms with van der Waals surface area (Å²) in [6.07, 6.45) is -2.72. The molecule has 0 aromatic heterocycles. The van der Waals surface area contributed by atoms with Gasteiger partial charge in [-0.15, -0.1) is 0 Å². The largest absolute Gasteiger partial charge is 2.00 e. The van der Waals surface area contributed by atoms with Gasteiger partial charge in [-0.3, -0.25) is 0 Å². The first-order chi connectivity index (χ1) is 8.42. The Morgan fingerprint density at radius 3 is 1.14 bits per heavy atom. The molecule has 0 radical (unpaired) electrons. The zero-order valence-electron chi connectivity index (χ0n) is 10.4. The number of carboxylic acid groups (broad SMARTS) is 5. The van der Waals surface area contributed by atoms with E-state index in [-0.39, 0.29) is 39.0 Å². The molecule has 0 bridgehead atoms. The van der Waals surface area contributed by atoms with Gasteiger partial charge >= 0.3 is 44.9 Å². The summed E-state index contributed by atoms with van der Waals surface area (Å²) in [5.41, 5.74) is -2.97. The van der Waals surface area contributed by atoms with Crippen LogP contribution in [0.1, 0.15) is 12.8 Å². The van der Waals surface area contributed by atoms with Crippen molar-refractivity contribution in [2.75, 3.05) is 0 Å². The summed E-state index contributed by atoms with van der Waals surface area (Å²) in [5.74, 6) is -9.99. The molecule has 0 aromatic carbocycles. The van der Waals surface area contributed by atoms with Gasteiger partial charge in [0.15, 0.2) is 5.97 Å². The third-order valence-electron chi connectivity index (χ3n) is 1.43. The molecule has 0 aliphatic heterocycles. The first kappa shape index (κ1) is 27.8. The maximum atomic E-state index is 10.1. The van der Waals surface area contributed by atoms with E-state index in [1.807, 2.05) is 0 Å². The fourth-order valence-corrected chi connectivity index (χ4v) is 0.684. The first-order valence-electron chi connectivity index (χ1n) is 4.20. The Bertz CT molecular complexity index is 377. The van der Waals surface area contributed by atoms with Gasteiger partial charge in [0.25, 0.3) is 0 Å². The molecule has 13 heteroatoms. The van der Waals surface area contributed by atoms with Crippen LogP contribution in [0, 0.1) is 0 Å². The Balaban J connectivity index is -0.000000156. The number of carbonyl (C=O) groups is 5. The van der Waals surface area contributed by atoms with Gasteiger partial charge in [0.05, 0.1) is 5.97 Å². The van der Waals surface area contributed by atoms with Crippen molar-refractivity contribution in [1.29, 1.82) is 0 Å². The molecule has 0 rings (SSSR count). The van der Waals surface area contributed by atoms with E-state index < -0.39 is 48.3 Å². The molecular weight excluding hydrogens is 403 g/mol. The van der Waals surface area contributed by atoms with Crippen LogP contribution in [0.15, 0.2) is 0 Å². The van der Waals surface area contributed by atoms with Gasteiger partial charge < -0.3 is 49.8 Å². The van der Waals surface area contributed by atoms with Crippen LogP contribution in [-0.2, 0) is 62.9 Å². The van der Waals surface area contributed by atoms with Crippen molar-refractivity contribution in [3.8, 4) is 0 Å². The van der Waals surface area contributed by atoms with Crippen LogP contribution in [0.4, 0.5) is 0 Å². The second-order valence-electron chi connectivity index (χ2n) is 3.01. The second-order valence-corrected chi connectivity index (χ2v) is 3.01. The summed E-state index contributed by atoms with van der Waals surface area (Å²) in [6.45, 7) is 0. The van der Waals surface area contributed by atoms with Crippen LogP contribution in [0.3, 0.4) is 0 Å². The molecule has 0 unspecified atom stereocenters. The van der Waals surface area contributed by atoms with E-state index >= 15 is 0 Å². The van der Waals surface area contributed by atoms with Crippen molar-refractivity contribution in [3.05, 3.63) is 0 Å². The third-order valence-corrected chi connectivity index (χ3v) is 1.43. The molecule has 11 nitrogen and oxygen atoms in total. The molecule has 21 heavy (non-hydrogen) atoms. The van der Waals surface area contributed by atoms with Gasteiger partial charge in [-0.25, -0.2) is 4.79 Å². The number of aliphatic carboxylic acids is 5. The summed E-state index contributed by atoms with van der Waals surface area (Å²) < 4.78 is 0. The normalized spacial score (nSPS) is 8.81. The smallest absolute Gasteiger partial charge is 0.550 e. The van der Waals surface area contributed by atoms with Crippen molar-refractivity contribution in [2.24, 2.45) is 0 Å². The van der Waals surface area contributed by atoms with Crippen LogP contribution in [0.2, 0.25) is 0 Å². The summed E-state index contributed by atoms with van der Waals surface area (Å²) in [4.78, 5) is 48.0. The van der Waals surface area contributed by atoms with Crippen molar-refractivity contribution in [1.82, 2.24) is 0 Å². The number of aliphatic hydroxyl groups is 1. The predicted molar refractivity (Wildman–Crippen MR) is 41.8 cm³/mol. The van der Waals surface area contributed by atoms with E-state index in [1.54, 1.807) is 0 Å². The molecule has 0 aromatic rings. The van der Waals surface area contributed by atoms with E-state index in [0.29, 0.717) is 0 Å². The predicted octanol–water partition coefficient (Wildman–Crippen LogP) is -7.44. The summed E-state index contributed by atoms with van der Waals surface area (Å²) in [5, 5.41) is 55.2. The van der Waals surface area contributed by atoms with E-state index in [1.165, 1.54) is 0 Å². The number of rotatable bonds is 5. The Hall–Kier alpha value is -1.44. The minimum absolute atomic E-state index is 0. The van der Waals surface area contributed by atoms with Crippen LogP contribution >= 0.6 is 0 Å². The van der Waals surface area contributed by atoms with Gasteiger partial charge in [-0.1, -0.05) is 0 Å². The number of hydrogen-bond acceptors (Lipinski definition) is 10. The molecule has 0 fully saturated rings. The molecule has 0 aliphatic rings. The van der Waals surface area contributed by atoms with Gasteiger partial charge in [0.2, 0.25) is 0 Å². The quantitative estimate of drug-likeness (QED) is 0.321. The number of carboxylic acids is 5. The maximum Gasteiger partial charge on any atom is 2.00 e. The second kappa shape index (κ2) is 12.3. The molecule has 2 N–H and O–H groups in total. The first-order valence-corrected chi connectivity index (χ1v) is 4.20. The van der Waals surface area contributed by atoms with Crippen LogP contribution < -0.4 is 20.4 Å². The molecule has 0 aliphatic carbocycles. The van der Waals surface area contributed by atoms with Gasteiger partial charge in [-0.2, -0.15) is 0 Å². The summed E-state index contributed by atoms with van der Waals surface area (Å²) in [6, 6.07) is 0. The standard InChI is InChI=1S/C6H8O7.C2H2O4.2Zn/c7-3(8)1-6(13,5(11)12)2-4(9)10;3-1(4)2(5)6;;/h13H,1-2H2,(H,7,8)(H,9,10)(H,11,12);(H,3,4)(H,5,6);;/q;;2*+2/p-4. The summed E-state index contributed by atoms with van der Waals surface area (Å²) >= 11 is 0. The number of hydrogen-bond donors (Lipinski definition) is 2. The molecule has 0 saturated heterocycles. The van der Waals surface area contributed by atoms with Gasteiger partial charge in [0, 0.05) is 24.8 Å². The molecule has 108 valence electrons. The zero-order chi connectivity index (χ0) is 15.8. The fraction of sp³-hybridized carbons (Fsp3) is 0.375. The van der Waals surface area contributed by atoms with E-state index in [0.717, 1.165) is 0 Å². The fourth-order valence-electron chi connectivity index (χ4n) is 0.684. The molecule has 0 saturated carbocycles. The van der Waals surface area contributed by atoms with Gasteiger partial charge in [-0.05, 0) is 0 Å². The Morgan fingerprint density at radius 2 is 1.05 bits per heavy atom. The molecular formula is C8H6O11Zn2. The van der Waals surface area contributed by atoms with Crippen molar-refractivity contribution < 1.29 is 93.6 Å². The molecule has 0 amide bonds. The van der Waals surface area contributed by atoms with Crippen LogP contribution in [0.25, 0.3) is 0 Å². The average molecular weight is 409 g/mol. The minimum atomic E-state index is -2.97. The SMILES string of the molecule is O=C([O-])C(=O)O.O=C([O-])CC(O)(CC(=O)[O-])C(=O)[O-].[Zn+2].[Zn+2]. The Morgan fingerprint density at radius 1 is 0.810 bits per heavy atom. The summed E-state index contributed by atoms with van der Waals surface area (Å²) in [7, 11) is 0. The van der Waals surface area contributed by atoms with Crippen molar-refractivity contribution in [2.45, 2.75) is 18.4 Å². The molecule has 0 atom stereocenters. The van der Waals surface area contributed by atoms with Crippen LogP contribution in [0.5, 0.6) is 0 Å². The van der Waals surface area contributed by atoms with E-state index in [9.17, 15) is 29.7 Å². The van der Waals surface area contributed by atoms with Gasteiger partial charge in [0.1, 0.15) is 5.60 Å². The monoisotopic (exact) mass is 406 g/mol. The van der Waals surface area contributed by atoms with Crippen LogP contribution in [-0.4, -0.2) is 45.7 Å². The molecule has 0 heterocycles. The topological polar surface area (TPSA) is 218 Å². The van der Waals surface area contributed by atoms with Crippen molar-refractivity contribution in [3.63, 3.8) is 0 Å². The Labute approximate surface area is 142 Å².